The molecule has 0 aliphatic heterocycles. The Kier molecular flexibility index (Phi) is 3.95. The number of nitrogens with zero attached hydrogens (tertiary/aromatic N) is 2. The minimum absolute atomic E-state index is 0.116. The molecule has 1 aromatic carbocycles. The molecule has 1 N–H and O–H groups in total. The van der Waals surface area contributed by atoms with Crippen molar-refractivity contribution in [1.82, 2.24) is 9.55 Å². The molecule has 0 aliphatic carbocycles. The van der Waals surface area contributed by atoms with Crippen LogP contribution >= 0.6 is 0 Å². The maximum Gasteiger partial charge on any atom is 0.109 e. The quantitative estimate of drug-likeness (QED) is 0.915. The Morgan fingerprint density at radius 2 is 1.95 bits per heavy atom. The lowest BCUT2D eigenvalue weighted by Crippen LogP contribution is -2.31. The van der Waals surface area contributed by atoms with Crippen molar-refractivity contribution in [1.29, 1.82) is 0 Å². The van der Waals surface area contributed by atoms with Gasteiger partial charge in [0.05, 0.1) is 23.7 Å². The fraction of sp³-hybridized carbons (Fsp3) is 0.562. The minimum Gasteiger partial charge on any atom is -0.391 e. The predicted molar refractivity (Wildman–Crippen MR) is 79.2 cm³/mol. The lowest BCUT2D eigenvalue weighted by atomic mass is 9.89. The molecule has 0 saturated heterocycles. The number of aliphatic hydroxyl groups excluding tert-OH is 1. The SMILES string of the molecule is CCCc1nc2ccccc2n1CC(O)C(C)(C)C. The van der Waals surface area contributed by atoms with Crippen molar-refractivity contribution in [2.24, 2.45) is 5.41 Å². The van der Waals surface area contributed by atoms with Gasteiger partial charge in [0.25, 0.3) is 0 Å². The standard InChI is InChI=1S/C16H24N2O/c1-5-8-15-17-12-9-6-7-10-13(12)18(15)11-14(19)16(2,3)4/h6-7,9-10,14,19H,5,8,11H2,1-4H3. The molecule has 2 aromatic rings. The predicted octanol–water partition coefficient (Wildman–Crippen LogP) is 3.40. The molecule has 2 rings (SSSR count). The summed E-state index contributed by atoms with van der Waals surface area (Å²) < 4.78 is 2.18. The molecule has 1 unspecified atom stereocenters. The van der Waals surface area contributed by atoms with E-state index >= 15 is 0 Å². The number of aliphatic hydroxyl groups is 1. The molecule has 0 aliphatic rings. The fourth-order valence-electron chi connectivity index (χ4n) is 2.19. The maximum atomic E-state index is 10.4. The highest BCUT2D eigenvalue weighted by Crippen LogP contribution is 2.24. The number of hydrogen-bond donors (Lipinski definition) is 1. The average molecular weight is 260 g/mol. The number of aryl methyl sites for hydroxylation is 1. The van der Waals surface area contributed by atoms with Gasteiger partial charge in [0, 0.05) is 6.42 Å². The summed E-state index contributed by atoms with van der Waals surface area (Å²) in [6, 6.07) is 8.15. The van der Waals surface area contributed by atoms with Crippen molar-refractivity contribution >= 4 is 11.0 Å². The lowest BCUT2D eigenvalue weighted by Gasteiger charge is -2.27. The van der Waals surface area contributed by atoms with Gasteiger partial charge in [-0.3, -0.25) is 0 Å². The summed E-state index contributed by atoms with van der Waals surface area (Å²) in [5.41, 5.74) is 2.02. The topological polar surface area (TPSA) is 38.0 Å². The van der Waals surface area contributed by atoms with Gasteiger partial charge in [-0.15, -0.1) is 0 Å². The minimum atomic E-state index is -0.374. The van der Waals surface area contributed by atoms with Gasteiger partial charge in [0.2, 0.25) is 0 Å². The van der Waals surface area contributed by atoms with E-state index in [-0.39, 0.29) is 11.5 Å². The van der Waals surface area contributed by atoms with Crippen molar-refractivity contribution in [2.75, 3.05) is 0 Å². The Hall–Kier alpha value is -1.35. The third kappa shape index (κ3) is 2.98. The molecule has 3 heteroatoms. The van der Waals surface area contributed by atoms with E-state index < -0.39 is 0 Å². The van der Waals surface area contributed by atoms with Gasteiger partial charge in [0.1, 0.15) is 5.82 Å². The molecule has 3 nitrogen and oxygen atoms in total. The van der Waals surface area contributed by atoms with Crippen molar-refractivity contribution in [3.05, 3.63) is 30.1 Å². The van der Waals surface area contributed by atoms with Crippen LogP contribution in [0.2, 0.25) is 0 Å². The molecule has 0 spiro atoms. The Morgan fingerprint density at radius 1 is 1.26 bits per heavy atom. The molecule has 0 amide bonds. The summed E-state index contributed by atoms with van der Waals surface area (Å²) >= 11 is 0. The molecule has 1 aromatic heterocycles. The van der Waals surface area contributed by atoms with Gasteiger partial charge in [-0.1, -0.05) is 39.8 Å². The van der Waals surface area contributed by atoms with Crippen LogP contribution in [0.1, 0.15) is 39.9 Å². The first-order chi connectivity index (χ1) is 8.93. The summed E-state index contributed by atoms with van der Waals surface area (Å²) in [5, 5.41) is 10.4. The van der Waals surface area contributed by atoms with Crippen LogP contribution < -0.4 is 0 Å². The first-order valence-corrected chi connectivity index (χ1v) is 7.05. The van der Waals surface area contributed by atoms with E-state index in [1.165, 1.54) is 0 Å². The van der Waals surface area contributed by atoms with Crippen molar-refractivity contribution in [3.63, 3.8) is 0 Å². The van der Waals surface area contributed by atoms with Crippen LogP contribution in [0.4, 0.5) is 0 Å². The number of fused-ring (bicyclic) bond motifs is 1. The van der Waals surface area contributed by atoms with Crippen LogP contribution in [0.25, 0.3) is 11.0 Å². The van der Waals surface area contributed by atoms with Crippen LogP contribution in [0, 0.1) is 5.41 Å². The van der Waals surface area contributed by atoms with E-state index in [1.807, 2.05) is 18.2 Å². The molecule has 104 valence electrons. The van der Waals surface area contributed by atoms with Gasteiger partial charge in [-0.25, -0.2) is 4.98 Å². The normalized spacial score (nSPS) is 13.9. The van der Waals surface area contributed by atoms with Crippen LogP contribution in [-0.2, 0) is 13.0 Å². The third-order valence-electron chi connectivity index (χ3n) is 3.56. The zero-order valence-corrected chi connectivity index (χ0v) is 12.3. The molecular weight excluding hydrogens is 236 g/mol. The number of benzene rings is 1. The van der Waals surface area contributed by atoms with E-state index in [9.17, 15) is 5.11 Å². The van der Waals surface area contributed by atoms with E-state index in [0.717, 1.165) is 29.7 Å². The fourth-order valence-corrected chi connectivity index (χ4v) is 2.19. The number of aromatic nitrogens is 2. The van der Waals surface area contributed by atoms with Crippen LogP contribution in [-0.4, -0.2) is 20.8 Å². The third-order valence-corrected chi connectivity index (χ3v) is 3.56. The largest absolute Gasteiger partial charge is 0.391 e. The Morgan fingerprint density at radius 3 is 2.58 bits per heavy atom. The summed E-state index contributed by atoms with van der Waals surface area (Å²) in [7, 11) is 0. The number of rotatable bonds is 4. The van der Waals surface area contributed by atoms with Crippen molar-refractivity contribution in [3.8, 4) is 0 Å². The number of para-hydroxylation sites is 2. The van der Waals surface area contributed by atoms with Gasteiger partial charge in [-0.05, 0) is 24.0 Å². The monoisotopic (exact) mass is 260 g/mol. The second-order valence-electron chi connectivity index (χ2n) is 6.26. The molecule has 1 heterocycles. The molecule has 19 heavy (non-hydrogen) atoms. The van der Waals surface area contributed by atoms with Crippen molar-refractivity contribution in [2.45, 2.75) is 53.2 Å². The van der Waals surface area contributed by atoms with Crippen LogP contribution in [0.15, 0.2) is 24.3 Å². The number of imidazole rings is 1. The molecule has 1 atom stereocenters. The molecular formula is C16H24N2O. The zero-order valence-electron chi connectivity index (χ0n) is 12.3. The van der Waals surface area contributed by atoms with Gasteiger partial charge in [-0.2, -0.15) is 0 Å². The first-order valence-electron chi connectivity index (χ1n) is 7.05. The first kappa shape index (κ1) is 14.1. The smallest absolute Gasteiger partial charge is 0.109 e. The van der Waals surface area contributed by atoms with Crippen LogP contribution in [0.3, 0.4) is 0 Å². The average Bonchev–Trinajstić information content (AvgIpc) is 2.67. The van der Waals surface area contributed by atoms with Gasteiger partial charge in [0.15, 0.2) is 0 Å². The molecule has 0 radical (unpaired) electrons. The van der Waals surface area contributed by atoms with Crippen molar-refractivity contribution < 1.29 is 5.11 Å². The summed E-state index contributed by atoms with van der Waals surface area (Å²) in [4.78, 5) is 4.69. The lowest BCUT2D eigenvalue weighted by molar-refractivity contribution is 0.0483. The van der Waals surface area contributed by atoms with E-state index in [2.05, 4.69) is 43.3 Å². The summed E-state index contributed by atoms with van der Waals surface area (Å²) in [6.45, 7) is 8.96. The number of hydrogen-bond acceptors (Lipinski definition) is 2. The highest BCUT2D eigenvalue weighted by Gasteiger charge is 2.24. The zero-order chi connectivity index (χ0) is 14.0. The highest BCUT2D eigenvalue weighted by atomic mass is 16.3. The highest BCUT2D eigenvalue weighted by molar-refractivity contribution is 5.75. The van der Waals surface area contributed by atoms with Crippen LogP contribution in [0.5, 0.6) is 0 Å². The maximum absolute atomic E-state index is 10.4. The van der Waals surface area contributed by atoms with Gasteiger partial charge >= 0.3 is 0 Å². The van der Waals surface area contributed by atoms with E-state index in [1.54, 1.807) is 0 Å². The van der Waals surface area contributed by atoms with E-state index in [0.29, 0.717) is 6.54 Å². The molecule has 0 fully saturated rings. The Balaban J connectivity index is 2.41. The summed E-state index contributed by atoms with van der Waals surface area (Å²) in [6.07, 6.45) is 1.64. The Labute approximate surface area is 115 Å². The summed E-state index contributed by atoms with van der Waals surface area (Å²) in [5.74, 6) is 1.08. The second kappa shape index (κ2) is 5.33. The van der Waals surface area contributed by atoms with E-state index in [4.69, 9.17) is 0 Å². The molecule has 0 saturated carbocycles. The Bertz CT molecular complexity index is 551. The second-order valence-corrected chi connectivity index (χ2v) is 6.26. The molecule has 0 bridgehead atoms. The van der Waals surface area contributed by atoms with Gasteiger partial charge < -0.3 is 9.67 Å².